The molecule has 1 aromatic carbocycles. The average Bonchev–Trinajstić information content (AvgIpc) is 2.56. The Morgan fingerprint density at radius 2 is 1.88 bits per heavy atom. The lowest BCUT2D eigenvalue weighted by molar-refractivity contribution is -0.277. The van der Waals surface area contributed by atoms with Gasteiger partial charge in [-0.05, 0) is 12.1 Å². The van der Waals surface area contributed by atoms with Gasteiger partial charge in [-0.1, -0.05) is 6.07 Å². The van der Waals surface area contributed by atoms with Crippen molar-refractivity contribution in [3.63, 3.8) is 0 Å². The van der Waals surface area contributed by atoms with Crippen LogP contribution < -0.4 is 10.4 Å². The zero-order valence-electron chi connectivity index (χ0n) is 12.3. The molecule has 2 aromatic rings. The second kappa shape index (κ2) is 6.38. The third kappa shape index (κ3) is 2.83. The molecule has 9 heteroatoms. The van der Waals surface area contributed by atoms with Crippen molar-refractivity contribution in [3.8, 4) is 11.5 Å². The standard InChI is InChI=1S/C15H16O9/c16-5-9-11(19)12(20)13(21)15(23-9)22-8-4-10(18)24-14-6(8)2-1-3-7(14)17/h1-4,9,11-13,15-17,19-21H,5H2/t9-,11-,12+,13-,15-/m1/s1. The van der Waals surface area contributed by atoms with Gasteiger partial charge in [-0.15, -0.1) is 0 Å². The lowest BCUT2D eigenvalue weighted by atomic mass is 9.99. The number of ether oxygens (including phenoxy) is 2. The molecule has 130 valence electrons. The Hall–Kier alpha value is -2.17. The van der Waals surface area contributed by atoms with Gasteiger partial charge in [0.05, 0.1) is 18.1 Å². The molecule has 0 spiro atoms. The van der Waals surface area contributed by atoms with Crippen LogP contribution in [0.5, 0.6) is 11.5 Å². The minimum absolute atomic E-state index is 0.0542. The molecule has 0 radical (unpaired) electrons. The summed E-state index contributed by atoms with van der Waals surface area (Å²) in [6.07, 6.45) is -7.35. The van der Waals surface area contributed by atoms with Crippen molar-refractivity contribution in [2.45, 2.75) is 30.7 Å². The lowest BCUT2D eigenvalue weighted by Gasteiger charge is -2.39. The second-order valence-corrected chi connectivity index (χ2v) is 5.40. The maximum absolute atomic E-state index is 11.6. The van der Waals surface area contributed by atoms with Crippen LogP contribution in [0, 0.1) is 0 Å². The molecule has 3 rings (SSSR count). The number of aliphatic hydroxyl groups is 4. The number of aromatic hydroxyl groups is 1. The molecule has 5 atom stereocenters. The van der Waals surface area contributed by atoms with E-state index in [4.69, 9.17) is 13.9 Å². The van der Waals surface area contributed by atoms with Gasteiger partial charge >= 0.3 is 5.63 Å². The Kier molecular flexibility index (Phi) is 4.43. The van der Waals surface area contributed by atoms with Gasteiger partial charge in [0.1, 0.15) is 30.2 Å². The molecule has 24 heavy (non-hydrogen) atoms. The number of hydrogen-bond donors (Lipinski definition) is 5. The Morgan fingerprint density at radius 1 is 1.12 bits per heavy atom. The van der Waals surface area contributed by atoms with E-state index in [9.17, 15) is 30.3 Å². The van der Waals surface area contributed by atoms with Gasteiger partial charge in [-0.25, -0.2) is 4.79 Å². The predicted molar refractivity (Wildman–Crippen MR) is 78.5 cm³/mol. The third-order valence-corrected chi connectivity index (χ3v) is 3.80. The van der Waals surface area contributed by atoms with Crippen LogP contribution >= 0.6 is 0 Å². The molecule has 2 heterocycles. The fraction of sp³-hybridized carbons (Fsp3) is 0.400. The molecule has 1 aliphatic rings. The molecule has 0 unspecified atom stereocenters. The minimum Gasteiger partial charge on any atom is -0.504 e. The number of fused-ring (bicyclic) bond motifs is 1. The first-order valence-corrected chi connectivity index (χ1v) is 7.15. The van der Waals surface area contributed by atoms with Crippen LogP contribution in [-0.2, 0) is 4.74 Å². The second-order valence-electron chi connectivity index (χ2n) is 5.40. The minimum atomic E-state index is -1.62. The Labute approximate surface area is 134 Å². The van der Waals surface area contributed by atoms with Gasteiger partial charge < -0.3 is 39.4 Å². The van der Waals surface area contributed by atoms with Crippen molar-refractivity contribution in [2.75, 3.05) is 6.61 Å². The maximum atomic E-state index is 11.6. The van der Waals surface area contributed by atoms with Crippen LogP contribution in [0.25, 0.3) is 11.0 Å². The van der Waals surface area contributed by atoms with Crippen molar-refractivity contribution in [3.05, 3.63) is 34.7 Å². The van der Waals surface area contributed by atoms with E-state index >= 15 is 0 Å². The van der Waals surface area contributed by atoms with Crippen molar-refractivity contribution in [2.24, 2.45) is 0 Å². The van der Waals surface area contributed by atoms with Crippen molar-refractivity contribution in [1.29, 1.82) is 0 Å². The number of rotatable bonds is 3. The summed E-state index contributed by atoms with van der Waals surface area (Å²) < 4.78 is 15.6. The highest BCUT2D eigenvalue weighted by Crippen LogP contribution is 2.32. The van der Waals surface area contributed by atoms with Crippen LogP contribution in [0.3, 0.4) is 0 Å². The van der Waals surface area contributed by atoms with Gasteiger partial charge in [0.15, 0.2) is 11.3 Å². The first-order valence-electron chi connectivity index (χ1n) is 7.15. The fourth-order valence-electron chi connectivity index (χ4n) is 2.53. The molecule has 5 N–H and O–H groups in total. The number of phenolic OH excluding ortho intramolecular Hbond substituents is 1. The van der Waals surface area contributed by atoms with E-state index in [1.807, 2.05) is 0 Å². The Morgan fingerprint density at radius 3 is 2.58 bits per heavy atom. The van der Waals surface area contributed by atoms with Crippen LogP contribution in [0.2, 0.25) is 0 Å². The predicted octanol–water partition coefficient (Wildman–Crippen LogP) is -1.32. The van der Waals surface area contributed by atoms with E-state index in [-0.39, 0.29) is 22.5 Å². The number of aliphatic hydroxyl groups excluding tert-OH is 4. The van der Waals surface area contributed by atoms with E-state index in [1.54, 1.807) is 0 Å². The zero-order valence-corrected chi connectivity index (χ0v) is 12.3. The number of para-hydroxylation sites is 1. The molecule has 1 saturated heterocycles. The molecule has 0 saturated carbocycles. The highest BCUT2D eigenvalue weighted by Gasteiger charge is 2.44. The summed E-state index contributed by atoms with van der Waals surface area (Å²) >= 11 is 0. The first kappa shape index (κ1) is 16.7. The van der Waals surface area contributed by atoms with Crippen molar-refractivity contribution >= 4 is 11.0 Å². The van der Waals surface area contributed by atoms with Gasteiger partial charge in [0, 0.05) is 0 Å². The summed E-state index contributed by atoms with van der Waals surface area (Å²) in [6.45, 7) is -0.608. The summed E-state index contributed by atoms with van der Waals surface area (Å²) in [5, 5.41) is 48.7. The number of hydrogen-bond acceptors (Lipinski definition) is 9. The topological polar surface area (TPSA) is 150 Å². The molecular weight excluding hydrogens is 324 g/mol. The van der Waals surface area contributed by atoms with E-state index in [0.717, 1.165) is 6.07 Å². The van der Waals surface area contributed by atoms with E-state index < -0.39 is 42.9 Å². The monoisotopic (exact) mass is 340 g/mol. The molecule has 0 aliphatic carbocycles. The molecule has 1 aromatic heterocycles. The quantitative estimate of drug-likeness (QED) is 0.429. The SMILES string of the molecule is O=c1cc(O[C@@H]2O[C@H](CO)[C@@H](O)[C@H](O)[C@H]2O)c2cccc(O)c2o1. The fourth-order valence-corrected chi connectivity index (χ4v) is 2.53. The summed E-state index contributed by atoms with van der Waals surface area (Å²) in [5.74, 6) is -0.328. The summed E-state index contributed by atoms with van der Waals surface area (Å²) in [7, 11) is 0. The number of phenols is 1. The molecule has 1 aliphatic heterocycles. The third-order valence-electron chi connectivity index (χ3n) is 3.80. The Bertz CT molecular complexity index is 784. The summed E-state index contributed by atoms with van der Waals surface area (Å²) in [6, 6.07) is 5.32. The van der Waals surface area contributed by atoms with Crippen LogP contribution in [0.4, 0.5) is 0 Å². The smallest absolute Gasteiger partial charge is 0.340 e. The van der Waals surface area contributed by atoms with Crippen LogP contribution in [-0.4, -0.2) is 62.8 Å². The molecule has 0 amide bonds. The van der Waals surface area contributed by atoms with Crippen LogP contribution in [0.15, 0.2) is 33.5 Å². The molecule has 1 fully saturated rings. The average molecular weight is 340 g/mol. The van der Waals surface area contributed by atoms with Crippen LogP contribution in [0.1, 0.15) is 0 Å². The van der Waals surface area contributed by atoms with E-state index in [0.29, 0.717) is 0 Å². The van der Waals surface area contributed by atoms with E-state index in [1.165, 1.54) is 18.2 Å². The first-order chi connectivity index (χ1) is 11.4. The van der Waals surface area contributed by atoms with Gasteiger partial charge in [0.25, 0.3) is 0 Å². The highest BCUT2D eigenvalue weighted by atomic mass is 16.7. The van der Waals surface area contributed by atoms with Gasteiger partial charge in [-0.2, -0.15) is 0 Å². The van der Waals surface area contributed by atoms with Crippen molar-refractivity contribution in [1.82, 2.24) is 0 Å². The van der Waals surface area contributed by atoms with Gasteiger partial charge in [-0.3, -0.25) is 0 Å². The number of benzene rings is 1. The zero-order chi connectivity index (χ0) is 17.4. The highest BCUT2D eigenvalue weighted by molar-refractivity contribution is 5.87. The lowest BCUT2D eigenvalue weighted by Crippen LogP contribution is -2.60. The van der Waals surface area contributed by atoms with E-state index in [2.05, 4.69) is 0 Å². The van der Waals surface area contributed by atoms with Crippen molar-refractivity contribution < 1.29 is 39.4 Å². The molecular formula is C15H16O9. The molecule has 9 nitrogen and oxygen atoms in total. The largest absolute Gasteiger partial charge is 0.504 e. The normalized spacial score (nSPS) is 30.4. The Balaban J connectivity index is 1.97. The maximum Gasteiger partial charge on any atom is 0.340 e. The molecule has 0 bridgehead atoms. The summed E-state index contributed by atoms with van der Waals surface area (Å²) in [5.41, 5.74) is -0.909. The summed E-state index contributed by atoms with van der Waals surface area (Å²) in [4.78, 5) is 11.6. The van der Waals surface area contributed by atoms with Gasteiger partial charge in [0.2, 0.25) is 6.29 Å².